The highest BCUT2D eigenvalue weighted by atomic mass is 35.5. The van der Waals surface area contributed by atoms with Crippen molar-refractivity contribution in [3.8, 4) is 17.2 Å². The van der Waals surface area contributed by atoms with Crippen molar-refractivity contribution in [2.75, 3.05) is 11.9 Å². The number of hydrogen-bond acceptors (Lipinski definition) is 4. The van der Waals surface area contributed by atoms with Crippen LogP contribution in [-0.2, 0) is 4.79 Å². The number of anilines is 1. The molecule has 0 bridgehead atoms. The zero-order valence-corrected chi connectivity index (χ0v) is 19.2. The number of fused-ring (bicyclic) bond motifs is 1. The van der Waals surface area contributed by atoms with Gasteiger partial charge in [-0.2, -0.15) is 0 Å². The van der Waals surface area contributed by atoms with E-state index in [2.05, 4.69) is 36.3 Å². The van der Waals surface area contributed by atoms with Gasteiger partial charge in [-0.05, 0) is 60.4 Å². The summed E-state index contributed by atoms with van der Waals surface area (Å²) in [6.45, 7) is 4.14. The van der Waals surface area contributed by atoms with Crippen LogP contribution in [0.15, 0.2) is 65.1 Å². The zero-order valence-electron chi connectivity index (χ0n) is 17.7. The first kappa shape index (κ1) is 22.2. The van der Waals surface area contributed by atoms with Crippen LogP contribution in [-0.4, -0.2) is 17.5 Å². The minimum absolute atomic E-state index is 0.203. The van der Waals surface area contributed by atoms with E-state index in [9.17, 15) is 4.79 Å². The number of halogens is 2. The minimum Gasteiger partial charge on any atom is -0.482 e. The molecule has 32 heavy (non-hydrogen) atoms. The molecule has 0 unspecified atom stereocenters. The molecule has 1 atom stereocenters. The maximum Gasteiger partial charge on any atom is 0.262 e. The maximum absolute atomic E-state index is 12.4. The molecule has 1 N–H and O–H groups in total. The van der Waals surface area contributed by atoms with Crippen molar-refractivity contribution in [3.63, 3.8) is 0 Å². The average Bonchev–Trinajstić information content (AvgIpc) is 3.23. The summed E-state index contributed by atoms with van der Waals surface area (Å²) in [6.07, 6.45) is 1.05. The van der Waals surface area contributed by atoms with E-state index in [4.69, 9.17) is 32.4 Å². The van der Waals surface area contributed by atoms with Crippen molar-refractivity contribution in [2.45, 2.75) is 26.2 Å². The summed E-state index contributed by atoms with van der Waals surface area (Å²) in [5.41, 5.74) is 3.88. The lowest BCUT2D eigenvalue weighted by molar-refractivity contribution is -0.118. The monoisotopic (exact) mass is 468 g/mol. The van der Waals surface area contributed by atoms with E-state index in [0.717, 1.165) is 11.9 Å². The molecule has 0 radical (unpaired) electrons. The van der Waals surface area contributed by atoms with Crippen molar-refractivity contribution in [2.24, 2.45) is 0 Å². The lowest BCUT2D eigenvalue weighted by Gasteiger charge is -2.10. The Kier molecular flexibility index (Phi) is 6.68. The number of aromatic nitrogens is 1. The molecule has 0 saturated carbocycles. The van der Waals surface area contributed by atoms with Crippen molar-refractivity contribution in [1.82, 2.24) is 4.98 Å². The van der Waals surface area contributed by atoms with Gasteiger partial charge >= 0.3 is 0 Å². The molecule has 164 valence electrons. The number of benzene rings is 3. The van der Waals surface area contributed by atoms with Crippen LogP contribution in [0.25, 0.3) is 22.6 Å². The van der Waals surface area contributed by atoms with Gasteiger partial charge < -0.3 is 14.5 Å². The van der Waals surface area contributed by atoms with E-state index in [1.807, 2.05) is 6.07 Å². The first-order valence-electron chi connectivity index (χ1n) is 10.3. The van der Waals surface area contributed by atoms with Crippen LogP contribution in [0, 0.1) is 0 Å². The summed E-state index contributed by atoms with van der Waals surface area (Å²) in [5.74, 6) is 0.984. The third-order valence-electron chi connectivity index (χ3n) is 5.28. The maximum atomic E-state index is 12.4. The molecule has 0 fully saturated rings. The number of carbonyl (C=O) groups excluding carboxylic acids is 1. The lowest BCUT2D eigenvalue weighted by atomic mass is 9.98. The molecule has 4 rings (SSSR count). The Labute approximate surface area is 196 Å². The Morgan fingerprint density at radius 3 is 2.69 bits per heavy atom. The first-order chi connectivity index (χ1) is 15.4. The summed E-state index contributed by atoms with van der Waals surface area (Å²) in [4.78, 5) is 17.0. The molecule has 1 amide bonds. The number of ether oxygens (including phenoxy) is 1. The van der Waals surface area contributed by atoms with Crippen LogP contribution in [0.5, 0.6) is 5.75 Å². The molecule has 4 aromatic rings. The van der Waals surface area contributed by atoms with E-state index in [0.29, 0.717) is 44.4 Å². The number of oxazole rings is 1. The summed E-state index contributed by atoms with van der Waals surface area (Å²) in [6, 6.07) is 18.3. The third-order valence-corrected chi connectivity index (χ3v) is 5.92. The molecular formula is C25H22Cl2N2O3. The van der Waals surface area contributed by atoms with Gasteiger partial charge in [-0.1, -0.05) is 55.2 Å². The summed E-state index contributed by atoms with van der Waals surface area (Å²) in [5, 5.41) is 3.60. The number of hydrogen-bond donors (Lipinski definition) is 1. The Morgan fingerprint density at radius 1 is 1.09 bits per heavy atom. The molecule has 0 saturated heterocycles. The fourth-order valence-corrected chi connectivity index (χ4v) is 3.61. The molecule has 1 aromatic heterocycles. The Morgan fingerprint density at radius 2 is 1.91 bits per heavy atom. The van der Waals surface area contributed by atoms with E-state index in [-0.39, 0.29) is 12.5 Å². The van der Waals surface area contributed by atoms with Crippen molar-refractivity contribution >= 4 is 45.9 Å². The highest BCUT2D eigenvalue weighted by Crippen LogP contribution is 2.32. The second-order valence-corrected chi connectivity index (χ2v) is 8.33. The fraction of sp³-hybridized carbons (Fsp3) is 0.200. The smallest absolute Gasteiger partial charge is 0.262 e. The topological polar surface area (TPSA) is 64.4 Å². The van der Waals surface area contributed by atoms with Gasteiger partial charge in [0.25, 0.3) is 5.91 Å². The van der Waals surface area contributed by atoms with E-state index >= 15 is 0 Å². The van der Waals surface area contributed by atoms with Gasteiger partial charge in [-0.3, -0.25) is 4.79 Å². The number of rotatable bonds is 7. The normalized spacial score (nSPS) is 12.0. The molecule has 0 aliphatic carbocycles. The molecule has 0 aliphatic heterocycles. The SMILES string of the molecule is CC[C@@H](C)c1ccc2oc(-c3ccc(Cl)c(NC(=O)COc4ccccc4Cl)c3)nc2c1. The molecule has 1 heterocycles. The molecule has 5 nitrogen and oxygen atoms in total. The summed E-state index contributed by atoms with van der Waals surface area (Å²) >= 11 is 12.3. The van der Waals surface area contributed by atoms with Crippen LogP contribution in [0.3, 0.4) is 0 Å². The Hall–Kier alpha value is -3.02. The van der Waals surface area contributed by atoms with Gasteiger partial charge in [0.1, 0.15) is 11.3 Å². The average molecular weight is 469 g/mol. The number of nitrogens with one attached hydrogen (secondary N) is 1. The Balaban J connectivity index is 1.52. The van der Waals surface area contributed by atoms with Crippen LogP contribution in [0.1, 0.15) is 31.7 Å². The molecule has 3 aromatic carbocycles. The van der Waals surface area contributed by atoms with Crippen molar-refractivity contribution in [1.29, 1.82) is 0 Å². The van der Waals surface area contributed by atoms with Crippen molar-refractivity contribution < 1.29 is 13.9 Å². The molecular weight excluding hydrogens is 447 g/mol. The van der Waals surface area contributed by atoms with Crippen LogP contribution >= 0.6 is 23.2 Å². The van der Waals surface area contributed by atoms with Gasteiger partial charge in [0.05, 0.1) is 15.7 Å². The van der Waals surface area contributed by atoms with E-state index in [1.54, 1.807) is 42.5 Å². The predicted molar refractivity (Wildman–Crippen MR) is 129 cm³/mol. The number of amides is 1. The zero-order chi connectivity index (χ0) is 22.7. The predicted octanol–water partition coefficient (Wildman–Crippen LogP) is 7.33. The number of carbonyl (C=O) groups is 1. The third kappa shape index (κ3) is 4.90. The van der Waals surface area contributed by atoms with Crippen LogP contribution < -0.4 is 10.1 Å². The van der Waals surface area contributed by atoms with Gasteiger partial charge in [0.2, 0.25) is 5.89 Å². The van der Waals surface area contributed by atoms with Crippen LogP contribution in [0.4, 0.5) is 5.69 Å². The minimum atomic E-state index is -0.361. The highest BCUT2D eigenvalue weighted by molar-refractivity contribution is 6.34. The van der Waals surface area contributed by atoms with Gasteiger partial charge in [0, 0.05) is 5.56 Å². The standard InChI is InChI=1S/C25H22Cl2N2O3/c1-3-15(2)16-9-11-23-21(12-16)29-25(32-23)17-8-10-18(26)20(13-17)28-24(30)14-31-22-7-5-4-6-19(22)27/h4-13,15H,3,14H2,1-2H3,(H,28,30)/t15-/m1/s1. The van der Waals surface area contributed by atoms with Crippen molar-refractivity contribution in [3.05, 3.63) is 76.3 Å². The second kappa shape index (κ2) is 9.63. The van der Waals surface area contributed by atoms with Gasteiger partial charge in [-0.15, -0.1) is 0 Å². The largest absolute Gasteiger partial charge is 0.482 e. The van der Waals surface area contributed by atoms with E-state index in [1.165, 1.54) is 5.56 Å². The highest BCUT2D eigenvalue weighted by Gasteiger charge is 2.14. The quantitative estimate of drug-likeness (QED) is 0.308. The number of para-hydroxylation sites is 1. The summed E-state index contributed by atoms with van der Waals surface area (Å²) in [7, 11) is 0. The fourth-order valence-electron chi connectivity index (χ4n) is 3.26. The lowest BCUT2D eigenvalue weighted by Crippen LogP contribution is -2.20. The number of nitrogens with zero attached hydrogens (tertiary/aromatic N) is 1. The first-order valence-corrected chi connectivity index (χ1v) is 11.1. The second-order valence-electron chi connectivity index (χ2n) is 7.52. The Bertz CT molecular complexity index is 1270. The molecule has 0 aliphatic rings. The van der Waals surface area contributed by atoms with E-state index < -0.39 is 0 Å². The van der Waals surface area contributed by atoms with Gasteiger partial charge in [0.15, 0.2) is 12.2 Å². The molecule has 7 heteroatoms. The van der Waals surface area contributed by atoms with Gasteiger partial charge in [-0.25, -0.2) is 4.98 Å². The molecule has 0 spiro atoms. The van der Waals surface area contributed by atoms with Crippen LogP contribution in [0.2, 0.25) is 10.0 Å². The summed E-state index contributed by atoms with van der Waals surface area (Å²) < 4.78 is 11.4.